The fraction of sp³-hybridized carbons (Fsp3) is 0.0500. The maximum absolute atomic E-state index is 12.5. The molecule has 1 amide bonds. The number of H-pyrrole nitrogens is 1. The van der Waals surface area contributed by atoms with Gasteiger partial charge < -0.3 is 5.32 Å². The van der Waals surface area contributed by atoms with Crippen molar-refractivity contribution < 1.29 is 4.79 Å². The smallest absolute Gasteiger partial charge is 0.234 e. The van der Waals surface area contributed by atoms with E-state index in [9.17, 15) is 4.79 Å². The Morgan fingerprint density at radius 3 is 2.81 bits per heavy atom. The molecule has 0 bridgehead atoms. The molecule has 0 unspecified atom stereocenters. The van der Waals surface area contributed by atoms with E-state index >= 15 is 0 Å². The summed E-state index contributed by atoms with van der Waals surface area (Å²) >= 11 is 1.38. The van der Waals surface area contributed by atoms with Crippen LogP contribution in [0.5, 0.6) is 0 Å². The lowest BCUT2D eigenvalue weighted by Crippen LogP contribution is -2.14. The third kappa shape index (κ3) is 2.82. The van der Waals surface area contributed by atoms with Crippen LogP contribution < -0.4 is 5.32 Å². The van der Waals surface area contributed by atoms with E-state index in [1.807, 2.05) is 71.1 Å². The van der Waals surface area contributed by atoms with Crippen LogP contribution in [0.3, 0.4) is 0 Å². The molecule has 0 atom stereocenters. The number of aromatic amines is 1. The van der Waals surface area contributed by atoms with E-state index in [2.05, 4.69) is 20.5 Å². The van der Waals surface area contributed by atoms with Gasteiger partial charge in [-0.05, 0) is 23.6 Å². The second-order valence-electron chi connectivity index (χ2n) is 6.13. The number of carbonyl (C=O) groups is 1. The van der Waals surface area contributed by atoms with Crippen LogP contribution in [0.2, 0.25) is 0 Å². The number of para-hydroxylation sites is 2. The van der Waals surface area contributed by atoms with Crippen molar-refractivity contribution in [3.63, 3.8) is 0 Å². The van der Waals surface area contributed by atoms with Gasteiger partial charge in [0.25, 0.3) is 0 Å². The number of fused-ring (bicyclic) bond motifs is 4. The normalized spacial score (nSPS) is 11.4. The molecule has 132 valence electrons. The molecule has 7 heteroatoms. The summed E-state index contributed by atoms with van der Waals surface area (Å²) < 4.78 is 1.94. The lowest BCUT2D eigenvalue weighted by atomic mass is 10.1. The number of rotatable bonds is 4. The molecule has 0 saturated carbocycles. The number of thioether (sulfide) groups is 1. The second-order valence-corrected chi connectivity index (χ2v) is 7.07. The quantitative estimate of drug-likeness (QED) is 0.465. The fourth-order valence-electron chi connectivity index (χ4n) is 3.19. The Bertz CT molecular complexity index is 1280. The van der Waals surface area contributed by atoms with Crippen molar-refractivity contribution in [1.82, 2.24) is 19.6 Å². The predicted molar refractivity (Wildman–Crippen MR) is 108 cm³/mol. The summed E-state index contributed by atoms with van der Waals surface area (Å²) in [6, 6.07) is 21.8. The number of nitrogens with zero attached hydrogens (tertiary/aromatic N) is 3. The zero-order valence-electron chi connectivity index (χ0n) is 14.2. The maximum atomic E-state index is 12.5. The molecule has 0 radical (unpaired) electrons. The van der Waals surface area contributed by atoms with Gasteiger partial charge in [0.05, 0.1) is 16.8 Å². The molecule has 0 fully saturated rings. The molecule has 0 aliphatic heterocycles. The molecule has 2 heterocycles. The topological polar surface area (TPSA) is 75.1 Å². The molecular weight excluding hydrogens is 358 g/mol. The van der Waals surface area contributed by atoms with Gasteiger partial charge in [-0.25, -0.2) is 10.1 Å². The standard InChI is InChI=1S/C20H15N5OS/c26-18(21-15-10-5-7-13-6-1-2-8-14(13)15)12-27-20-24-23-19-22-16-9-3-4-11-17(16)25(19)20/h1-11H,12H2,(H,21,26)(H,22,23). The minimum absolute atomic E-state index is 0.0723. The summed E-state index contributed by atoms with van der Waals surface area (Å²) in [5, 5.41) is 13.1. The molecule has 27 heavy (non-hydrogen) atoms. The van der Waals surface area contributed by atoms with Gasteiger partial charge in [-0.1, -0.05) is 60.3 Å². The van der Waals surface area contributed by atoms with Gasteiger partial charge in [-0.15, -0.1) is 5.10 Å². The van der Waals surface area contributed by atoms with Crippen LogP contribution >= 0.6 is 11.8 Å². The van der Waals surface area contributed by atoms with Crippen LogP contribution in [0.25, 0.3) is 27.6 Å². The summed E-state index contributed by atoms with van der Waals surface area (Å²) in [6.45, 7) is 0. The van der Waals surface area contributed by atoms with Crippen LogP contribution in [0.15, 0.2) is 71.9 Å². The molecular formula is C20H15N5OS. The van der Waals surface area contributed by atoms with E-state index in [0.717, 1.165) is 27.5 Å². The van der Waals surface area contributed by atoms with Crippen LogP contribution in [-0.2, 0) is 4.79 Å². The first-order chi connectivity index (χ1) is 13.3. The summed E-state index contributed by atoms with van der Waals surface area (Å²) in [4.78, 5) is 17.0. The largest absolute Gasteiger partial charge is 0.325 e. The number of amides is 1. The van der Waals surface area contributed by atoms with Crippen molar-refractivity contribution in [3.8, 4) is 0 Å². The number of anilines is 1. The Balaban J connectivity index is 1.37. The highest BCUT2D eigenvalue weighted by Gasteiger charge is 2.14. The van der Waals surface area contributed by atoms with E-state index in [0.29, 0.717) is 10.9 Å². The SMILES string of the molecule is O=C(CSc1n[nH]c2nc3ccccc3n12)Nc1cccc2ccccc12. The summed E-state index contributed by atoms with van der Waals surface area (Å²) in [6.07, 6.45) is 0. The average Bonchev–Trinajstić information content (AvgIpc) is 3.26. The Morgan fingerprint density at radius 2 is 1.85 bits per heavy atom. The first-order valence-electron chi connectivity index (χ1n) is 8.51. The van der Waals surface area contributed by atoms with Crippen molar-refractivity contribution in [1.29, 1.82) is 0 Å². The van der Waals surface area contributed by atoms with E-state index in [1.165, 1.54) is 11.8 Å². The van der Waals surface area contributed by atoms with Crippen molar-refractivity contribution in [2.75, 3.05) is 11.1 Å². The molecule has 0 saturated heterocycles. The van der Waals surface area contributed by atoms with Crippen molar-refractivity contribution in [2.45, 2.75) is 5.16 Å². The van der Waals surface area contributed by atoms with E-state index in [1.54, 1.807) is 0 Å². The van der Waals surface area contributed by atoms with Crippen LogP contribution in [0.4, 0.5) is 5.69 Å². The number of aromatic nitrogens is 4. The molecule has 0 aliphatic carbocycles. The molecule has 6 nitrogen and oxygen atoms in total. The first-order valence-corrected chi connectivity index (χ1v) is 9.50. The second kappa shape index (κ2) is 6.44. The molecule has 0 aliphatic rings. The highest BCUT2D eigenvalue weighted by atomic mass is 32.2. The number of hydrogen-bond donors (Lipinski definition) is 2. The molecule has 3 aromatic carbocycles. The van der Waals surface area contributed by atoms with Gasteiger partial charge >= 0.3 is 0 Å². The summed E-state index contributed by atoms with van der Waals surface area (Å²) in [7, 11) is 0. The van der Waals surface area contributed by atoms with Gasteiger partial charge in [0.1, 0.15) is 0 Å². The minimum Gasteiger partial charge on any atom is -0.325 e. The molecule has 0 spiro atoms. The Hall–Kier alpha value is -3.32. The van der Waals surface area contributed by atoms with Gasteiger partial charge in [-0.2, -0.15) is 0 Å². The Labute approximate surface area is 158 Å². The third-order valence-electron chi connectivity index (χ3n) is 4.40. The monoisotopic (exact) mass is 373 g/mol. The van der Waals surface area contributed by atoms with E-state index in [-0.39, 0.29) is 11.7 Å². The van der Waals surface area contributed by atoms with Crippen molar-refractivity contribution >= 4 is 50.9 Å². The Morgan fingerprint density at radius 1 is 1.04 bits per heavy atom. The molecule has 2 aromatic heterocycles. The molecule has 5 aromatic rings. The van der Waals surface area contributed by atoms with Gasteiger partial charge in [0, 0.05) is 11.1 Å². The number of imidazole rings is 1. The summed E-state index contributed by atoms with van der Waals surface area (Å²) in [5.41, 5.74) is 2.69. The predicted octanol–water partition coefficient (Wildman–Crippen LogP) is 4.09. The highest BCUT2D eigenvalue weighted by molar-refractivity contribution is 7.99. The first kappa shape index (κ1) is 15.9. The lowest BCUT2D eigenvalue weighted by molar-refractivity contribution is -0.113. The summed E-state index contributed by atoms with van der Waals surface area (Å²) in [5.74, 6) is 0.862. The minimum atomic E-state index is -0.0723. The van der Waals surface area contributed by atoms with Gasteiger partial charge in [0.15, 0.2) is 5.16 Å². The number of benzene rings is 3. The van der Waals surface area contributed by atoms with Gasteiger partial charge in [-0.3, -0.25) is 9.20 Å². The third-order valence-corrected chi connectivity index (χ3v) is 5.34. The van der Waals surface area contributed by atoms with Crippen LogP contribution in [0.1, 0.15) is 0 Å². The van der Waals surface area contributed by atoms with Crippen molar-refractivity contribution in [3.05, 3.63) is 66.7 Å². The molecule has 5 rings (SSSR count). The zero-order valence-corrected chi connectivity index (χ0v) is 15.0. The van der Waals surface area contributed by atoms with Crippen molar-refractivity contribution in [2.24, 2.45) is 0 Å². The number of carbonyl (C=O) groups excluding carboxylic acids is 1. The molecule has 2 N–H and O–H groups in total. The fourth-order valence-corrected chi connectivity index (χ4v) is 3.95. The van der Waals surface area contributed by atoms with Gasteiger partial charge in [0.2, 0.25) is 11.7 Å². The zero-order chi connectivity index (χ0) is 18.2. The number of hydrogen-bond acceptors (Lipinski definition) is 4. The Kier molecular flexibility index (Phi) is 3.79. The number of nitrogens with one attached hydrogen (secondary N) is 2. The van der Waals surface area contributed by atoms with E-state index in [4.69, 9.17) is 0 Å². The maximum Gasteiger partial charge on any atom is 0.234 e. The van der Waals surface area contributed by atoms with Crippen LogP contribution in [0, 0.1) is 0 Å². The average molecular weight is 373 g/mol. The lowest BCUT2D eigenvalue weighted by Gasteiger charge is -2.08. The van der Waals surface area contributed by atoms with E-state index < -0.39 is 0 Å². The highest BCUT2D eigenvalue weighted by Crippen LogP contribution is 2.25. The van der Waals surface area contributed by atoms with Crippen LogP contribution in [-0.4, -0.2) is 31.2 Å².